The number of allylic oxidation sites excluding steroid dienone is 1. The molecule has 0 heterocycles. The van der Waals surface area contributed by atoms with Gasteiger partial charge in [0.05, 0.1) is 0 Å². The van der Waals surface area contributed by atoms with Crippen LogP contribution in [0.5, 0.6) is 5.75 Å². The van der Waals surface area contributed by atoms with E-state index in [0.29, 0.717) is 12.5 Å². The van der Waals surface area contributed by atoms with Crippen molar-refractivity contribution in [3.63, 3.8) is 0 Å². The van der Waals surface area contributed by atoms with Crippen LogP contribution in [0.3, 0.4) is 0 Å². The van der Waals surface area contributed by atoms with E-state index in [4.69, 9.17) is 16.3 Å². The molecule has 2 aromatic carbocycles. The first-order chi connectivity index (χ1) is 8.88. The molecule has 0 unspecified atom stereocenters. The van der Waals surface area contributed by atoms with Gasteiger partial charge in [0, 0.05) is 5.88 Å². The molecule has 0 radical (unpaired) electrons. The molecule has 1 nitrogen and oxygen atoms in total. The number of ether oxygens (including phenoxy) is 1. The van der Waals surface area contributed by atoms with E-state index in [1.54, 1.807) is 0 Å². The van der Waals surface area contributed by atoms with Crippen LogP contribution in [-0.2, 0) is 6.61 Å². The van der Waals surface area contributed by atoms with Gasteiger partial charge < -0.3 is 4.74 Å². The molecule has 0 spiro atoms. The Morgan fingerprint density at radius 3 is 2.61 bits per heavy atom. The summed E-state index contributed by atoms with van der Waals surface area (Å²) in [4.78, 5) is 0. The summed E-state index contributed by atoms with van der Waals surface area (Å²) >= 11 is 5.61. The number of benzene rings is 2. The number of hydrogen-bond donors (Lipinski definition) is 0. The van der Waals surface area contributed by atoms with Crippen LogP contribution in [0.4, 0.5) is 0 Å². The van der Waals surface area contributed by atoms with E-state index in [0.717, 1.165) is 11.3 Å². The first-order valence-corrected chi connectivity index (χ1v) is 6.41. The van der Waals surface area contributed by atoms with Gasteiger partial charge in [-0.1, -0.05) is 54.6 Å². The maximum absolute atomic E-state index is 5.75. The van der Waals surface area contributed by atoms with E-state index >= 15 is 0 Å². The molecule has 0 atom stereocenters. The van der Waals surface area contributed by atoms with E-state index in [-0.39, 0.29) is 0 Å². The van der Waals surface area contributed by atoms with Crippen LogP contribution in [-0.4, -0.2) is 5.88 Å². The van der Waals surface area contributed by atoms with Crippen molar-refractivity contribution in [2.75, 3.05) is 5.88 Å². The number of alkyl halides is 1. The third-order valence-electron chi connectivity index (χ3n) is 2.51. The first kappa shape index (κ1) is 12.7. The summed E-state index contributed by atoms with van der Waals surface area (Å²) in [6, 6.07) is 18.1. The maximum Gasteiger partial charge on any atom is 0.120 e. The van der Waals surface area contributed by atoms with Crippen LogP contribution in [0.15, 0.2) is 60.7 Å². The quantitative estimate of drug-likeness (QED) is 0.717. The second kappa shape index (κ2) is 6.87. The van der Waals surface area contributed by atoms with Gasteiger partial charge in [-0.25, -0.2) is 0 Å². The van der Waals surface area contributed by atoms with Gasteiger partial charge in [-0.2, -0.15) is 0 Å². The summed E-state index contributed by atoms with van der Waals surface area (Å²) in [5.41, 5.74) is 2.26. The molecule has 2 heteroatoms. The van der Waals surface area contributed by atoms with Crippen molar-refractivity contribution in [3.05, 3.63) is 71.8 Å². The van der Waals surface area contributed by atoms with Gasteiger partial charge in [0.1, 0.15) is 12.4 Å². The van der Waals surface area contributed by atoms with E-state index in [1.807, 2.05) is 54.6 Å². The number of hydrogen-bond acceptors (Lipinski definition) is 1. The van der Waals surface area contributed by atoms with Crippen molar-refractivity contribution in [3.8, 4) is 5.75 Å². The molecule has 92 valence electrons. The smallest absolute Gasteiger partial charge is 0.120 e. The molecule has 0 aliphatic heterocycles. The molecule has 0 aliphatic rings. The predicted octanol–water partition coefficient (Wildman–Crippen LogP) is 4.52. The molecule has 18 heavy (non-hydrogen) atoms. The topological polar surface area (TPSA) is 9.23 Å². The van der Waals surface area contributed by atoms with Crippen LogP contribution in [0.1, 0.15) is 11.1 Å². The van der Waals surface area contributed by atoms with Crippen molar-refractivity contribution < 1.29 is 4.74 Å². The average Bonchev–Trinajstić information content (AvgIpc) is 2.44. The zero-order valence-electron chi connectivity index (χ0n) is 10.1. The lowest BCUT2D eigenvalue weighted by atomic mass is 10.2. The minimum absolute atomic E-state index is 0.523. The molecule has 0 amide bonds. The van der Waals surface area contributed by atoms with Gasteiger partial charge >= 0.3 is 0 Å². The van der Waals surface area contributed by atoms with Gasteiger partial charge in [0.2, 0.25) is 0 Å². The Labute approximate surface area is 113 Å². The van der Waals surface area contributed by atoms with Gasteiger partial charge in [-0.3, -0.25) is 0 Å². The van der Waals surface area contributed by atoms with Crippen LogP contribution < -0.4 is 4.74 Å². The highest BCUT2D eigenvalue weighted by molar-refractivity contribution is 6.19. The lowest BCUT2D eigenvalue weighted by molar-refractivity contribution is 0.306. The van der Waals surface area contributed by atoms with Crippen LogP contribution in [0, 0.1) is 0 Å². The number of halogens is 1. The third kappa shape index (κ3) is 3.94. The van der Waals surface area contributed by atoms with Crippen LogP contribution in [0.2, 0.25) is 0 Å². The number of rotatable bonds is 5. The zero-order chi connectivity index (χ0) is 12.6. The zero-order valence-corrected chi connectivity index (χ0v) is 10.8. The summed E-state index contributed by atoms with van der Waals surface area (Å²) in [6.07, 6.45) is 3.90. The Hall–Kier alpha value is -1.73. The second-order valence-corrected chi connectivity index (χ2v) is 4.21. The molecule has 0 fully saturated rings. The minimum Gasteiger partial charge on any atom is -0.489 e. The fourth-order valence-electron chi connectivity index (χ4n) is 1.63. The SMILES string of the molecule is ClC/C=C/c1cccc(OCc2ccccc2)c1. The standard InChI is InChI=1S/C16H15ClO/c17-11-5-9-14-8-4-10-16(12-14)18-13-15-6-2-1-3-7-15/h1-10,12H,11,13H2/b9-5+. The largest absolute Gasteiger partial charge is 0.489 e. The Morgan fingerprint density at radius 2 is 1.83 bits per heavy atom. The normalized spacial score (nSPS) is 10.7. The van der Waals surface area contributed by atoms with E-state index in [9.17, 15) is 0 Å². The van der Waals surface area contributed by atoms with Crippen molar-refractivity contribution in [2.24, 2.45) is 0 Å². The lowest BCUT2D eigenvalue weighted by Crippen LogP contribution is -1.94. The van der Waals surface area contributed by atoms with Crippen molar-refractivity contribution in [1.29, 1.82) is 0 Å². The predicted molar refractivity (Wildman–Crippen MR) is 77.0 cm³/mol. The van der Waals surface area contributed by atoms with Crippen LogP contribution in [0.25, 0.3) is 6.08 Å². The Kier molecular flexibility index (Phi) is 4.86. The molecule has 0 aromatic heterocycles. The first-order valence-electron chi connectivity index (χ1n) is 5.88. The summed E-state index contributed by atoms with van der Waals surface area (Å²) in [5.74, 6) is 1.39. The van der Waals surface area contributed by atoms with E-state index in [2.05, 4.69) is 12.1 Å². The van der Waals surface area contributed by atoms with Crippen LogP contribution >= 0.6 is 11.6 Å². The van der Waals surface area contributed by atoms with Gasteiger partial charge in [0.25, 0.3) is 0 Å². The Balaban J connectivity index is 1.99. The van der Waals surface area contributed by atoms with Crippen molar-refractivity contribution in [1.82, 2.24) is 0 Å². The molecule has 0 saturated heterocycles. The highest BCUT2D eigenvalue weighted by atomic mass is 35.5. The van der Waals surface area contributed by atoms with Gasteiger partial charge in [-0.15, -0.1) is 11.6 Å². The monoisotopic (exact) mass is 258 g/mol. The molecule has 2 rings (SSSR count). The van der Waals surface area contributed by atoms with E-state index in [1.165, 1.54) is 5.56 Å². The molecule has 0 bridgehead atoms. The fourth-order valence-corrected chi connectivity index (χ4v) is 1.72. The highest BCUT2D eigenvalue weighted by Crippen LogP contribution is 2.16. The van der Waals surface area contributed by atoms with Crippen molar-refractivity contribution in [2.45, 2.75) is 6.61 Å². The molecular formula is C16H15ClO. The molecule has 0 N–H and O–H groups in total. The maximum atomic E-state index is 5.75. The summed E-state index contributed by atoms with van der Waals surface area (Å²) < 4.78 is 5.75. The summed E-state index contributed by atoms with van der Waals surface area (Å²) in [7, 11) is 0. The lowest BCUT2D eigenvalue weighted by Gasteiger charge is -2.06. The third-order valence-corrected chi connectivity index (χ3v) is 2.68. The molecule has 2 aromatic rings. The highest BCUT2D eigenvalue weighted by Gasteiger charge is 1.96. The molecular weight excluding hydrogens is 244 g/mol. The molecule has 0 saturated carbocycles. The second-order valence-electron chi connectivity index (χ2n) is 3.90. The van der Waals surface area contributed by atoms with Crippen molar-refractivity contribution >= 4 is 17.7 Å². The summed E-state index contributed by atoms with van der Waals surface area (Å²) in [6.45, 7) is 0.587. The average molecular weight is 259 g/mol. The Bertz CT molecular complexity index is 506. The fraction of sp³-hybridized carbons (Fsp3) is 0.125. The summed E-state index contributed by atoms with van der Waals surface area (Å²) in [5, 5.41) is 0. The van der Waals surface area contributed by atoms with Gasteiger partial charge in [-0.05, 0) is 23.3 Å². The van der Waals surface area contributed by atoms with E-state index < -0.39 is 0 Å². The van der Waals surface area contributed by atoms with Gasteiger partial charge in [0.15, 0.2) is 0 Å². The Morgan fingerprint density at radius 1 is 1.00 bits per heavy atom. The molecule has 0 aliphatic carbocycles. The minimum atomic E-state index is 0.523.